The Morgan fingerprint density at radius 3 is 1.02 bits per heavy atom. The van der Waals surface area contributed by atoms with Gasteiger partial charge >= 0.3 is 11.9 Å². The van der Waals surface area contributed by atoms with Crippen LogP contribution in [0.2, 0.25) is 0 Å². The number of quaternary nitrogens is 1. The van der Waals surface area contributed by atoms with Gasteiger partial charge in [-0.25, -0.2) is 0 Å². The lowest BCUT2D eigenvalue weighted by Gasteiger charge is -2.28. The lowest BCUT2D eigenvalue weighted by atomic mass is 10.0. The molecule has 0 aliphatic rings. The minimum atomic E-state index is -4.61. The van der Waals surface area contributed by atoms with Crippen LogP contribution >= 0.6 is 7.82 Å². The van der Waals surface area contributed by atoms with Gasteiger partial charge in [-0.15, -0.1) is 0 Å². The molecule has 63 heavy (non-hydrogen) atoms. The predicted octanol–water partition coefficient (Wildman–Crippen LogP) is 15.7. The minimum absolute atomic E-state index is 0.0261. The summed E-state index contributed by atoms with van der Waals surface area (Å²) in [6, 6.07) is 0. The quantitative estimate of drug-likeness (QED) is 0.0257. The van der Waals surface area contributed by atoms with Crippen molar-refractivity contribution in [1.29, 1.82) is 0 Å². The van der Waals surface area contributed by atoms with Gasteiger partial charge in [0.05, 0.1) is 27.7 Å². The van der Waals surface area contributed by atoms with Crippen molar-refractivity contribution in [3.8, 4) is 0 Å². The van der Waals surface area contributed by atoms with E-state index >= 15 is 0 Å². The molecular weight excluding hydrogens is 810 g/mol. The first-order valence-electron chi connectivity index (χ1n) is 27.2. The van der Waals surface area contributed by atoms with E-state index < -0.39 is 26.5 Å². The van der Waals surface area contributed by atoms with Crippen LogP contribution in [0.15, 0.2) is 0 Å². The van der Waals surface area contributed by atoms with E-state index in [2.05, 4.69) is 13.8 Å². The summed E-state index contributed by atoms with van der Waals surface area (Å²) in [5.74, 6) is -0.828. The average molecular weight is 916 g/mol. The zero-order valence-electron chi connectivity index (χ0n) is 42.6. The van der Waals surface area contributed by atoms with Crippen LogP contribution in [-0.4, -0.2) is 70.0 Å². The molecule has 0 saturated heterocycles. The van der Waals surface area contributed by atoms with E-state index in [1.165, 1.54) is 205 Å². The molecule has 0 radical (unpaired) electrons. The van der Waals surface area contributed by atoms with Crippen molar-refractivity contribution in [3.63, 3.8) is 0 Å². The van der Waals surface area contributed by atoms with Crippen molar-refractivity contribution in [2.45, 2.75) is 283 Å². The van der Waals surface area contributed by atoms with Crippen LogP contribution in [0.3, 0.4) is 0 Å². The maximum absolute atomic E-state index is 12.7. The third-order valence-electron chi connectivity index (χ3n) is 12.4. The Labute approximate surface area is 391 Å². The molecular formula is C53H106NO8P. The van der Waals surface area contributed by atoms with Gasteiger partial charge in [0.25, 0.3) is 7.82 Å². The van der Waals surface area contributed by atoms with Crippen molar-refractivity contribution in [2.24, 2.45) is 0 Å². The monoisotopic (exact) mass is 916 g/mol. The lowest BCUT2D eigenvalue weighted by molar-refractivity contribution is -0.870. The van der Waals surface area contributed by atoms with Gasteiger partial charge in [0.2, 0.25) is 0 Å². The highest BCUT2D eigenvalue weighted by Crippen LogP contribution is 2.38. The van der Waals surface area contributed by atoms with E-state index in [0.717, 1.165) is 38.5 Å². The number of phosphoric acid groups is 1. The van der Waals surface area contributed by atoms with Gasteiger partial charge in [0, 0.05) is 12.8 Å². The number of hydrogen-bond acceptors (Lipinski definition) is 8. The van der Waals surface area contributed by atoms with Crippen molar-refractivity contribution in [3.05, 3.63) is 0 Å². The summed E-state index contributed by atoms with van der Waals surface area (Å²) in [4.78, 5) is 37.4. The first-order valence-corrected chi connectivity index (χ1v) is 28.7. The second-order valence-electron chi connectivity index (χ2n) is 20.0. The second-order valence-corrected chi connectivity index (χ2v) is 21.4. The molecule has 0 rings (SSSR count). The number of phosphoric ester groups is 1. The Hall–Kier alpha value is -0.990. The highest BCUT2D eigenvalue weighted by Gasteiger charge is 2.21. The zero-order chi connectivity index (χ0) is 46.4. The van der Waals surface area contributed by atoms with Crippen LogP contribution < -0.4 is 4.89 Å². The largest absolute Gasteiger partial charge is 0.756 e. The van der Waals surface area contributed by atoms with E-state index in [0.29, 0.717) is 17.4 Å². The van der Waals surface area contributed by atoms with Gasteiger partial charge in [-0.1, -0.05) is 251 Å². The smallest absolute Gasteiger partial charge is 0.306 e. The number of ether oxygens (including phenoxy) is 2. The molecule has 2 unspecified atom stereocenters. The first-order chi connectivity index (χ1) is 30.5. The molecule has 0 saturated carbocycles. The Kier molecular flexibility index (Phi) is 45.4. The summed E-state index contributed by atoms with van der Waals surface area (Å²) in [6.07, 6.45) is 50.7. The van der Waals surface area contributed by atoms with E-state index in [-0.39, 0.29) is 32.0 Å². The van der Waals surface area contributed by atoms with Gasteiger partial charge in [0.1, 0.15) is 19.8 Å². The molecule has 0 aromatic carbocycles. The number of nitrogens with zero attached hydrogens (tertiary/aromatic N) is 1. The molecule has 0 aromatic heterocycles. The van der Waals surface area contributed by atoms with Crippen LogP contribution in [0.25, 0.3) is 0 Å². The molecule has 0 fully saturated rings. The van der Waals surface area contributed by atoms with Crippen molar-refractivity contribution in [1.82, 2.24) is 0 Å². The van der Waals surface area contributed by atoms with Crippen molar-refractivity contribution >= 4 is 19.8 Å². The van der Waals surface area contributed by atoms with Gasteiger partial charge in [0.15, 0.2) is 6.10 Å². The fraction of sp³-hybridized carbons (Fsp3) is 0.962. The molecule has 0 bridgehead atoms. The van der Waals surface area contributed by atoms with Crippen LogP contribution in [0.4, 0.5) is 0 Å². The predicted molar refractivity (Wildman–Crippen MR) is 264 cm³/mol. The SMILES string of the molecule is CCCCCCCCCCCCCCCCCCCCCCCCCCCCCCCCCCCC(=O)OC(COC(=O)CCCCCCCC)COP(=O)([O-])OCC[N+](C)(C)C. The fourth-order valence-electron chi connectivity index (χ4n) is 8.13. The van der Waals surface area contributed by atoms with Gasteiger partial charge in [-0.3, -0.25) is 14.2 Å². The third kappa shape index (κ3) is 50.3. The van der Waals surface area contributed by atoms with E-state index in [1.54, 1.807) is 0 Å². The number of carbonyl (C=O) groups excluding carboxylic acids is 2. The molecule has 0 aliphatic heterocycles. The number of hydrogen-bond donors (Lipinski definition) is 0. The van der Waals surface area contributed by atoms with Gasteiger partial charge in [-0.2, -0.15) is 0 Å². The summed E-state index contributed by atoms with van der Waals surface area (Å²) in [6.45, 7) is 4.21. The number of esters is 2. The zero-order valence-corrected chi connectivity index (χ0v) is 43.5. The Bertz CT molecular complexity index is 1040. The van der Waals surface area contributed by atoms with E-state index in [9.17, 15) is 19.0 Å². The van der Waals surface area contributed by atoms with Crippen LogP contribution in [0.5, 0.6) is 0 Å². The fourth-order valence-corrected chi connectivity index (χ4v) is 8.86. The van der Waals surface area contributed by atoms with Gasteiger partial charge in [-0.05, 0) is 12.8 Å². The molecule has 0 amide bonds. The Balaban J connectivity index is 3.80. The maximum Gasteiger partial charge on any atom is 0.306 e. The Morgan fingerprint density at radius 1 is 0.429 bits per heavy atom. The van der Waals surface area contributed by atoms with Crippen LogP contribution in [-0.2, 0) is 32.7 Å². The maximum atomic E-state index is 12.7. The van der Waals surface area contributed by atoms with Crippen molar-refractivity contribution < 1.29 is 42.1 Å². The van der Waals surface area contributed by atoms with Crippen LogP contribution in [0, 0.1) is 0 Å². The summed E-state index contributed by atoms with van der Waals surface area (Å²) < 4.78 is 33.8. The highest BCUT2D eigenvalue weighted by molar-refractivity contribution is 7.45. The van der Waals surface area contributed by atoms with E-state index in [1.807, 2.05) is 21.1 Å². The summed E-state index contributed by atoms with van der Waals surface area (Å²) in [7, 11) is 1.18. The first kappa shape index (κ1) is 62.0. The molecule has 376 valence electrons. The highest BCUT2D eigenvalue weighted by atomic mass is 31.2. The van der Waals surface area contributed by atoms with Crippen molar-refractivity contribution in [2.75, 3.05) is 47.5 Å². The molecule has 2 atom stereocenters. The summed E-state index contributed by atoms with van der Waals surface area (Å²) in [5, 5.41) is 0. The topological polar surface area (TPSA) is 111 Å². The van der Waals surface area contributed by atoms with Crippen LogP contribution in [0.1, 0.15) is 277 Å². The molecule has 10 heteroatoms. The second kappa shape index (κ2) is 46.1. The Morgan fingerprint density at radius 2 is 0.714 bits per heavy atom. The molecule has 0 N–H and O–H groups in total. The van der Waals surface area contributed by atoms with Gasteiger partial charge < -0.3 is 27.9 Å². The molecule has 0 aromatic rings. The molecule has 0 spiro atoms. The molecule has 0 aliphatic carbocycles. The average Bonchev–Trinajstić information content (AvgIpc) is 3.24. The standard InChI is InChI=1S/C53H106NO8P/c1-6-8-10-12-14-15-16-17-18-19-20-21-22-23-24-25-26-27-28-29-30-31-32-33-34-35-36-37-38-39-40-42-44-46-53(56)62-51(49-59-52(55)45-43-41-13-11-9-7-2)50-61-63(57,58)60-48-47-54(3,4)5/h51H,6-50H2,1-5H3. The number of likely N-dealkylation sites (N-methyl/N-ethyl adjacent to an activating group) is 1. The third-order valence-corrected chi connectivity index (χ3v) is 13.3. The molecule has 0 heterocycles. The summed E-state index contributed by atoms with van der Waals surface area (Å²) in [5.41, 5.74) is 0. The minimum Gasteiger partial charge on any atom is -0.756 e. The normalized spacial score (nSPS) is 13.3. The number of rotatable bonds is 51. The lowest BCUT2D eigenvalue weighted by Crippen LogP contribution is -2.37. The summed E-state index contributed by atoms with van der Waals surface area (Å²) >= 11 is 0. The molecule has 9 nitrogen and oxygen atoms in total. The van der Waals surface area contributed by atoms with E-state index in [4.69, 9.17) is 18.5 Å². The number of carbonyl (C=O) groups is 2. The number of unbranched alkanes of at least 4 members (excludes halogenated alkanes) is 37.